The van der Waals surface area contributed by atoms with Crippen molar-refractivity contribution in [1.29, 1.82) is 0 Å². The molecule has 0 bridgehead atoms. The summed E-state index contributed by atoms with van der Waals surface area (Å²) >= 11 is 0. The van der Waals surface area contributed by atoms with Gasteiger partial charge in [0.1, 0.15) is 0 Å². The lowest BCUT2D eigenvalue weighted by molar-refractivity contribution is 0.251. The van der Waals surface area contributed by atoms with Crippen molar-refractivity contribution in [2.75, 3.05) is 6.54 Å². The first kappa shape index (κ1) is 14.4. The molecule has 3 aromatic heterocycles. The summed E-state index contributed by atoms with van der Waals surface area (Å²) in [6, 6.07) is 8.27. The van der Waals surface area contributed by atoms with Crippen LogP contribution in [0.4, 0.5) is 0 Å². The first-order chi connectivity index (χ1) is 11.3. The summed E-state index contributed by atoms with van der Waals surface area (Å²) in [5.41, 5.74) is 2.28. The van der Waals surface area contributed by atoms with Gasteiger partial charge in [0.2, 0.25) is 5.89 Å². The maximum Gasteiger partial charge on any atom is 0.229 e. The van der Waals surface area contributed by atoms with Gasteiger partial charge in [-0.1, -0.05) is 24.6 Å². The summed E-state index contributed by atoms with van der Waals surface area (Å²) in [7, 11) is 0. The van der Waals surface area contributed by atoms with Crippen molar-refractivity contribution in [3.05, 3.63) is 47.9 Å². The van der Waals surface area contributed by atoms with E-state index >= 15 is 0 Å². The summed E-state index contributed by atoms with van der Waals surface area (Å²) < 4.78 is 7.40. The highest BCUT2D eigenvalue weighted by Crippen LogP contribution is 2.35. The minimum absolute atomic E-state index is 0.490. The molecular weight excluding hydrogens is 290 g/mol. The first-order valence-corrected chi connectivity index (χ1v) is 8.30. The Balaban J connectivity index is 1.48. The second-order valence-corrected chi connectivity index (χ2v) is 6.16. The van der Waals surface area contributed by atoms with E-state index in [9.17, 15) is 0 Å². The zero-order valence-electron chi connectivity index (χ0n) is 13.4. The molecule has 0 saturated heterocycles. The van der Waals surface area contributed by atoms with Gasteiger partial charge in [-0.2, -0.15) is 10.1 Å². The number of rotatable bonds is 6. The van der Waals surface area contributed by atoms with Crippen LogP contribution in [0.3, 0.4) is 0 Å². The van der Waals surface area contributed by atoms with Crippen molar-refractivity contribution < 1.29 is 4.52 Å². The van der Waals surface area contributed by atoms with Gasteiger partial charge in [0, 0.05) is 18.7 Å². The fourth-order valence-electron chi connectivity index (χ4n) is 2.99. The zero-order chi connectivity index (χ0) is 15.6. The molecule has 6 heteroatoms. The Labute approximate surface area is 135 Å². The van der Waals surface area contributed by atoms with E-state index in [1.807, 2.05) is 16.8 Å². The number of nitrogens with zero attached hydrogens (tertiary/aromatic N) is 5. The molecule has 0 aromatic carbocycles. The lowest BCUT2D eigenvalue weighted by atomic mass is 9.85. The highest BCUT2D eigenvalue weighted by molar-refractivity contribution is 5.46. The predicted octanol–water partition coefficient (Wildman–Crippen LogP) is 3.01. The Kier molecular flexibility index (Phi) is 3.83. The van der Waals surface area contributed by atoms with Crippen LogP contribution < -0.4 is 0 Å². The average molecular weight is 311 g/mol. The van der Waals surface area contributed by atoms with Crippen LogP contribution in [0, 0.1) is 0 Å². The van der Waals surface area contributed by atoms with Crippen molar-refractivity contribution in [1.82, 2.24) is 24.7 Å². The largest absolute Gasteiger partial charge is 0.339 e. The van der Waals surface area contributed by atoms with Gasteiger partial charge in [0.25, 0.3) is 0 Å². The second kappa shape index (κ2) is 6.12. The minimum Gasteiger partial charge on any atom is -0.339 e. The summed E-state index contributed by atoms with van der Waals surface area (Å²) in [5.74, 6) is 2.09. The van der Waals surface area contributed by atoms with E-state index in [4.69, 9.17) is 4.52 Å². The van der Waals surface area contributed by atoms with Crippen LogP contribution >= 0.6 is 0 Å². The lowest BCUT2D eigenvalue weighted by Crippen LogP contribution is -2.24. The minimum atomic E-state index is 0.490. The Morgan fingerprint density at radius 1 is 1.26 bits per heavy atom. The number of hydrogen-bond donors (Lipinski definition) is 0. The molecule has 1 saturated carbocycles. The van der Waals surface area contributed by atoms with Crippen LogP contribution in [0.2, 0.25) is 0 Å². The SMILES string of the molecule is CCN(Cc1noc(C2CCC2)n1)Cc1cccc2ccnn12. The Hall–Kier alpha value is -2.21. The van der Waals surface area contributed by atoms with Crippen LogP contribution in [0.1, 0.15) is 49.5 Å². The monoisotopic (exact) mass is 311 g/mol. The summed E-state index contributed by atoms with van der Waals surface area (Å²) in [6.45, 7) is 4.58. The molecule has 3 aromatic rings. The van der Waals surface area contributed by atoms with Gasteiger partial charge in [-0.05, 0) is 37.6 Å². The van der Waals surface area contributed by atoms with E-state index in [-0.39, 0.29) is 0 Å². The summed E-state index contributed by atoms with van der Waals surface area (Å²) in [6.07, 6.45) is 5.47. The standard InChI is InChI=1S/C17H21N5O/c1-2-21(11-15-8-4-7-14-9-10-18-22(14)15)12-16-19-17(23-20-16)13-5-3-6-13/h4,7-10,13H,2-3,5-6,11-12H2,1H3. The predicted molar refractivity (Wildman–Crippen MR) is 85.9 cm³/mol. The van der Waals surface area contributed by atoms with Crippen LogP contribution in [0.25, 0.3) is 5.52 Å². The third-order valence-corrected chi connectivity index (χ3v) is 4.64. The molecule has 0 atom stereocenters. The summed E-state index contributed by atoms with van der Waals surface area (Å²) in [4.78, 5) is 6.87. The summed E-state index contributed by atoms with van der Waals surface area (Å²) in [5, 5.41) is 8.55. The van der Waals surface area contributed by atoms with Crippen LogP contribution in [0.15, 0.2) is 35.0 Å². The molecule has 3 heterocycles. The third kappa shape index (κ3) is 2.86. The molecule has 0 unspecified atom stereocenters. The van der Waals surface area contributed by atoms with Crippen molar-refractivity contribution in [3.8, 4) is 0 Å². The third-order valence-electron chi connectivity index (χ3n) is 4.64. The molecular formula is C17H21N5O. The topological polar surface area (TPSA) is 59.5 Å². The van der Waals surface area contributed by atoms with E-state index < -0.39 is 0 Å². The lowest BCUT2D eigenvalue weighted by Gasteiger charge is -2.20. The molecule has 4 rings (SSSR count). The van der Waals surface area contributed by atoms with E-state index in [1.54, 1.807) is 0 Å². The fourth-order valence-corrected chi connectivity index (χ4v) is 2.99. The normalized spacial score (nSPS) is 15.4. The number of pyridine rings is 1. The Bertz CT molecular complexity index is 789. The van der Waals surface area contributed by atoms with Gasteiger partial charge in [0.15, 0.2) is 5.82 Å². The molecule has 0 spiro atoms. The van der Waals surface area contributed by atoms with E-state index in [0.717, 1.165) is 36.0 Å². The maximum absolute atomic E-state index is 5.42. The van der Waals surface area contributed by atoms with Crippen molar-refractivity contribution in [3.63, 3.8) is 0 Å². The maximum atomic E-state index is 5.42. The van der Waals surface area contributed by atoms with Gasteiger partial charge >= 0.3 is 0 Å². The molecule has 1 fully saturated rings. The average Bonchev–Trinajstić information content (AvgIpc) is 3.14. The molecule has 0 N–H and O–H groups in total. The highest BCUT2D eigenvalue weighted by atomic mass is 16.5. The molecule has 6 nitrogen and oxygen atoms in total. The zero-order valence-corrected chi connectivity index (χ0v) is 13.4. The highest BCUT2D eigenvalue weighted by Gasteiger charge is 2.25. The smallest absolute Gasteiger partial charge is 0.229 e. The van der Waals surface area contributed by atoms with E-state index in [0.29, 0.717) is 12.5 Å². The Morgan fingerprint density at radius 3 is 2.96 bits per heavy atom. The molecule has 1 aliphatic carbocycles. The quantitative estimate of drug-likeness (QED) is 0.700. The number of fused-ring (bicyclic) bond motifs is 1. The van der Waals surface area contributed by atoms with Crippen molar-refractivity contribution in [2.24, 2.45) is 0 Å². The van der Waals surface area contributed by atoms with Crippen molar-refractivity contribution >= 4 is 5.52 Å². The molecule has 1 aliphatic rings. The second-order valence-electron chi connectivity index (χ2n) is 6.16. The van der Waals surface area contributed by atoms with Crippen LogP contribution in [-0.2, 0) is 13.1 Å². The van der Waals surface area contributed by atoms with Crippen LogP contribution in [0.5, 0.6) is 0 Å². The van der Waals surface area contributed by atoms with Gasteiger partial charge in [-0.25, -0.2) is 4.52 Å². The molecule has 0 amide bonds. The van der Waals surface area contributed by atoms with Crippen LogP contribution in [-0.4, -0.2) is 31.2 Å². The van der Waals surface area contributed by atoms with E-state index in [1.165, 1.54) is 19.3 Å². The van der Waals surface area contributed by atoms with Gasteiger partial charge < -0.3 is 4.52 Å². The number of aromatic nitrogens is 4. The van der Waals surface area contributed by atoms with Gasteiger partial charge in [-0.3, -0.25) is 4.90 Å². The van der Waals surface area contributed by atoms with Crippen molar-refractivity contribution in [2.45, 2.75) is 45.2 Å². The van der Waals surface area contributed by atoms with E-state index in [2.05, 4.69) is 45.3 Å². The van der Waals surface area contributed by atoms with Gasteiger partial charge in [0.05, 0.1) is 17.8 Å². The first-order valence-electron chi connectivity index (χ1n) is 8.30. The fraction of sp³-hybridized carbons (Fsp3) is 0.471. The molecule has 0 aliphatic heterocycles. The molecule has 23 heavy (non-hydrogen) atoms. The molecule has 120 valence electrons. The molecule has 0 radical (unpaired) electrons. The number of hydrogen-bond acceptors (Lipinski definition) is 5. The van der Waals surface area contributed by atoms with Gasteiger partial charge in [-0.15, -0.1) is 0 Å². The Morgan fingerprint density at radius 2 is 2.17 bits per heavy atom.